The summed E-state index contributed by atoms with van der Waals surface area (Å²) in [6, 6.07) is 19.9. The minimum absolute atomic E-state index is 0.0804. The number of nitrogens with zero attached hydrogens (tertiary/aromatic N) is 2. The maximum absolute atomic E-state index is 13.8. The van der Waals surface area contributed by atoms with Crippen molar-refractivity contribution in [2.45, 2.75) is 13.5 Å². The summed E-state index contributed by atoms with van der Waals surface area (Å²) in [7, 11) is 0. The first-order chi connectivity index (χ1) is 17.9. The molecule has 0 aliphatic carbocycles. The van der Waals surface area contributed by atoms with E-state index in [1.165, 1.54) is 17.7 Å². The summed E-state index contributed by atoms with van der Waals surface area (Å²) < 4.78 is 25.3. The van der Waals surface area contributed by atoms with Crippen molar-refractivity contribution in [1.29, 1.82) is 0 Å². The van der Waals surface area contributed by atoms with Crippen molar-refractivity contribution in [3.63, 3.8) is 0 Å². The number of para-hydroxylation sites is 1. The van der Waals surface area contributed by atoms with E-state index in [0.29, 0.717) is 17.3 Å². The second kappa shape index (κ2) is 12.9. The van der Waals surface area contributed by atoms with Crippen molar-refractivity contribution in [1.82, 2.24) is 9.80 Å². The standard InChI is InChI=1S/C28H29ClFN3O3S/c1-2-35-25-17-21(28(37)33-14-12-32(13-15-33)18-20-8-4-3-5-9-20)16-22(29)27(25)36-19-26(34)31-24-11-7-6-10-23(24)30/h3-11,16-17H,2,12-15,18-19H2,1H3,(H,31,34). The fourth-order valence-corrected chi connectivity index (χ4v) is 4.68. The van der Waals surface area contributed by atoms with E-state index in [4.69, 9.17) is 33.3 Å². The van der Waals surface area contributed by atoms with Crippen LogP contribution in [0.3, 0.4) is 0 Å². The Morgan fingerprint density at radius 1 is 1.03 bits per heavy atom. The molecule has 4 rings (SSSR count). The predicted octanol–water partition coefficient (Wildman–Crippen LogP) is 5.39. The lowest BCUT2D eigenvalue weighted by Crippen LogP contribution is -2.48. The van der Waals surface area contributed by atoms with Gasteiger partial charge < -0.3 is 19.7 Å². The lowest BCUT2D eigenvalue weighted by Gasteiger charge is -2.36. The molecule has 0 unspecified atom stereocenters. The molecule has 0 saturated carbocycles. The second-order valence-corrected chi connectivity index (χ2v) is 9.38. The van der Waals surface area contributed by atoms with Gasteiger partial charge in [-0.2, -0.15) is 0 Å². The zero-order valence-corrected chi connectivity index (χ0v) is 22.2. The molecular weight excluding hydrogens is 513 g/mol. The van der Waals surface area contributed by atoms with Crippen LogP contribution in [0.1, 0.15) is 18.1 Å². The molecule has 194 valence electrons. The maximum Gasteiger partial charge on any atom is 0.262 e. The average molecular weight is 542 g/mol. The summed E-state index contributed by atoms with van der Waals surface area (Å²) in [6.45, 7) is 6.20. The molecule has 0 spiro atoms. The van der Waals surface area contributed by atoms with E-state index in [0.717, 1.165) is 38.3 Å². The van der Waals surface area contributed by atoms with Crippen LogP contribution in [0, 0.1) is 5.82 Å². The molecule has 1 heterocycles. The lowest BCUT2D eigenvalue weighted by atomic mass is 10.1. The number of ether oxygens (including phenoxy) is 2. The van der Waals surface area contributed by atoms with E-state index in [1.54, 1.807) is 24.3 Å². The molecule has 3 aromatic carbocycles. The van der Waals surface area contributed by atoms with Crippen molar-refractivity contribution in [3.8, 4) is 11.5 Å². The summed E-state index contributed by atoms with van der Waals surface area (Å²) in [5.74, 6) is -0.403. The Bertz CT molecular complexity index is 1240. The molecule has 37 heavy (non-hydrogen) atoms. The van der Waals surface area contributed by atoms with Crippen LogP contribution in [0.2, 0.25) is 5.02 Å². The highest BCUT2D eigenvalue weighted by Gasteiger charge is 2.22. The molecule has 9 heteroatoms. The molecule has 1 amide bonds. The highest BCUT2D eigenvalue weighted by molar-refractivity contribution is 7.80. The van der Waals surface area contributed by atoms with Gasteiger partial charge in [0.25, 0.3) is 5.91 Å². The Morgan fingerprint density at radius 2 is 1.73 bits per heavy atom. The second-order valence-electron chi connectivity index (χ2n) is 8.59. The first-order valence-corrected chi connectivity index (χ1v) is 12.9. The van der Waals surface area contributed by atoms with Gasteiger partial charge in [0.2, 0.25) is 0 Å². The number of amides is 1. The van der Waals surface area contributed by atoms with E-state index in [-0.39, 0.29) is 23.1 Å². The van der Waals surface area contributed by atoms with Gasteiger partial charge >= 0.3 is 0 Å². The summed E-state index contributed by atoms with van der Waals surface area (Å²) in [6.07, 6.45) is 0. The molecule has 1 saturated heterocycles. The Morgan fingerprint density at radius 3 is 2.43 bits per heavy atom. The molecule has 1 N–H and O–H groups in total. The Balaban J connectivity index is 1.38. The number of hydrogen-bond acceptors (Lipinski definition) is 5. The first kappa shape index (κ1) is 26.9. The number of anilines is 1. The Labute approximate surface area is 226 Å². The molecular formula is C28H29ClFN3O3S. The number of hydrogen-bond donors (Lipinski definition) is 1. The van der Waals surface area contributed by atoms with Crippen LogP contribution >= 0.6 is 23.8 Å². The van der Waals surface area contributed by atoms with Gasteiger partial charge in [0.05, 0.1) is 17.3 Å². The summed E-state index contributed by atoms with van der Waals surface area (Å²) in [5, 5.41) is 2.77. The molecule has 6 nitrogen and oxygen atoms in total. The minimum Gasteiger partial charge on any atom is -0.490 e. The van der Waals surface area contributed by atoms with Crippen LogP contribution in [-0.2, 0) is 11.3 Å². The normalized spacial score (nSPS) is 13.8. The van der Waals surface area contributed by atoms with Gasteiger partial charge in [-0.1, -0.05) is 66.3 Å². The van der Waals surface area contributed by atoms with E-state index in [1.807, 2.05) is 13.0 Å². The van der Waals surface area contributed by atoms with Crippen molar-refractivity contribution < 1.29 is 18.7 Å². The number of halogens is 2. The molecule has 0 atom stereocenters. The number of carbonyl (C=O) groups excluding carboxylic acids is 1. The van der Waals surface area contributed by atoms with Crippen LogP contribution in [-0.4, -0.2) is 60.1 Å². The van der Waals surface area contributed by atoms with E-state index >= 15 is 0 Å². The molecule has 0 bridgehead atoms. The highest BCUT2D eigenvalue weighted by Crippen LogP contribution is 2.37. The molecule has 3 aromatic rings. The molecule has 1 aliphatic rings. The number of benzene rings is 3. The lowest BCUT2D eigenvalue weighted by molar-refractivity contribution is -0.118. The number of nitrogens with one attached hydrogen (secondary N) is 1. The number of carbonyl (C=O) groups is 1. The van der Waals surface area contributed by atoms with Crippen LogP contribution in [0.15, 0.2) is 66.7 Å². The summed E-state index contributed by atoms with van der Waals surface area (Å²) in [5.41, 5.74) is 2.13. The SMILES string of the molecule is CCOc1cc(C(=S)N2CCN(Cc3ccccc3)CC2)cc(Cl)c1OCC(=O)Nc1ccccc1F. The number of thiocarbonyl (C=S) groups is 1. The summed E-state index contributed by atoms with van der Waals surface area (Å²) in [4.78, 5) is 17.6. The third kappa shape index (κ3) is 7.19. The Kier molecular flexibility index (Phi) is 9.33. The highest BCUT2D eigenvalue weighted by atomic mass is 35.5. The fraction of sp³-hybridized carbons (Fsp3) is 0.286. The monoisotopic (exact) mass is 541 g/mol. The number of rotatable bonds is 9. The average Bonchev–Trinajstić information content (AvgIpc) is 2.90. The fourth-order valence-electron chi connectivity index (χ4n) is 4.11. The van der Waals surface area contributed by atoms with E-state index in [2.05, 4.69) is 39.4 Å². The quantitative estimate of drug-likeness (QED) is 0.367. The largest absolute Gasteiger partial charge is 0.490 e. The van der Waals surface area contributed by atoms with E-state index in [9.17, 15) is 9.18 Å². The zero-order chi connectivity index (χ0) is 26.2. The topological polar surface area (TPSA) is 54.0 Å². The van der Waals surface area contributed by atoms with Gasteiger partial charge in [0.1, 0.15) is 10.8 Å². The Hall–Kier alpha value is -3.20. The smallest absolute Gasteiger partial charge is 0.262 e. The van der Waals surface area contributed by atoms with Crippen LogP contribution < -0.4 is 14.8 Å². The predicted molar refractivity (Wildman–Crippen MR) is 148 cm³/mol. The molecule has 0 radical (unpaired) electrons. The third-order valence-electron chi connectivity index (χ3n) is 5.96. The minimum atomic E-state index is -0.525. The van der Waals surface area contributed by atoms with Crippen LogP contribution in [0.25, 0.3) is 0 Å². The van der Waals surface area contributed by atoms with Crippen LogP contribution in [0.5, 0.6) is 11.5 Å². The van der Waals surface area contributed by atoms with Gasteiger partial charge in [-0.15, -0.1) is 0 Å². The van der Waals surface area contributed by atoms with E-state index < -0.39 is 11.7 Å². The van der Waals surface area contributed by atoms with Gasteiger partial charge in [0.15, 0.2) is 18.1 Å². The zero-order valence-electron chi connectivity index (χ0n) is 20.6. The molecule has 1 fully saturated rings. The molecule has 0 aromatic heterocycles. The molecule has 1 aliphatic heterocycles. The number of piperazine rings is 1. The maximum atomic E-state index is 13.8. The van der Waals surface area contributed by atoms with Crippen molar-refractivity contribution in [3.05, 3.63) is 88.7 Å². The third-order valence-corrected chi connectivity index (χ3v) is 6.74. The van der Waals surface area contributed by atoms with Crippen molar-refractivity contribution in [2.24, 2.45) is 0 Å². The van der Waals surface area contributed by atoms with Gasteiger partial charge in [-0.05, 0) is 36.8 Å². The van der Waals surface area contributed by atoms with Crippen molar-refractivity contribution in [2.75, 3.05) is 44.7 Å². The summed E-state index contributed by atoms with van der Waals surface area (Å²) >= 11 is 12.4. The van der Waals surface area contributed by atoms with Crippen molar-refractivity contribution >= 4 is 40.4 Å². The van der Waals surface area contributed by atoms with Crippen LogP contribution in [0.4, 0.5) is 10.1 Å². The van der Waals surface area contributed by atoms with Gasteiger partial charge in [-0.3, -0.25) is 9.69 Å². The van der Waals surface area contributed by atoms with Gasteiger partial charge in [-0.25, -0.2) is 4.39 Å². The van der Waals surface area contributed by atoms with Gasteiger partial charge in [0, 0.05) is 38.3 Å². The first-order valence-electron chi connectivity index (χ1n) is 12.1.